The van der Waals surface area contributed by atoms with Crippen molar-refractivity contribution in [1.29, 1.82) is 0 Å². The van der Waals surface area contributed by atoms with E-state index in [4.69, 9.17) is 10.5 Å². The number of amides is 3. The van der Waals surface area contributed by atoms with Gasteiger partial charge < -0.3 is 15.4 Å². The molecular weight excluding hydrogens is 513 g/mol. The molecule has 6 rings (SSSR count). The van der Waals surface area contributed by atoms with E-state index in [0.717, 1.165) is 52.8 Å². The molecule has 40 heavy (non-hydrogen) atoms. The third-order valence-electron chi connectivity index (χ3n) is 8.46. The van der Waals surface area contributed by atoms with Gasteiger partial charge in [-0.25, -0.2) is 14.1 Å². The van der Waals surface area contributed by atoms with Crippen molar-refractivity contribution < 1.29 is 23.5 Å². The van der Waals surface area contributed by atoms with E-state index in [1.807, 2.05) is 31.4 Å². The Morgan fingerprint density at radius 1 is 1.12 bits per heavy atom. The van der Waals surface area contributed by atoms with Gasteiger partial charge in [0.2, 0.25) is 11.5 Å². The summed E-state index contributed by atoms with van der Waals surface area (Å²) in [6, 6.07) is 11.8. The van der Waals surface area contributed by atoms with Crippen molar-refractivity contribution in [3.63, 3.8) is 0 Å². The molecule has 2 aliphatic carbocycles. The number of rotatable bonds is 6. The van der Waals surface area contributed by atoms with Crippen LogP contribution in [0.25, 0.3) is 11.1 Å². The van der Waals surface area contributed by atoms with Crippen LogP contribution < -0.4 is 5.73 Å². The zero-order valence-corrected chi connectivity index (χ0v) is 22.4. The summed E-state index contributed by atoms with van der Waals surface area (Å²) >= 11 is 0. The highest BCUT2D eigenvalue weighted by molar-refractivity contribution is 6.06. The molecule has 1 aliphatic heterocycles. The SMILES string of the molecule is Cn1cc(-c2ccc3c(c2)CC[C@@]32OC(=O)N(CC(=O)N(Cc3ccc(F)cc3)[C@H]3CC[C@H](N)CC3)C2=O)cn1. The molecule has 1 saturated heterocycles. The molecule has 3 amide bonds. The molecule has 2 aromatic carbocycles. The van der Waals surface area contributed by atoms with Crippen LogP contribution in [0.15, 0.2) is 54.9 Å². The molecular formula is C30H32FN5O4. The molecule has 3 aromatic rings. The van der Waals surface area contributed by atoms with Gasteiger partial charge in [0.05, 0.1) is 6.20 Å². The van der Waals surface area contributed by atoms with E-state index in [1.165, 1.54) is 12.1 Å². The number of nitrogens with zero attached hydrogens (tertiary/aromatic N) is 4. The van der Waals surface area contributed by atoms with Gasteiger partial charge in [-0.15, -0.1) is 0 Å². The Kier molecular flexibility index (Phi) is 6.66. The number of hydrogen-bond donors (Lipinski definition) is 1. The number of benzene rings is 2. The van der Waals surface area contributed by atoms with E-state index in [1.54, 1.807) is 27.9 Å². The van der Waals surface area contributed by atoms with Crippen molar-refractivity contribution in [3.8, 4) is 11.1 Å². The number of imide groups is 1. The zero-order chi connectivity index (χ0) is 28.0. The van der Waals surface area contributed by atoms with Crippen molar-refractivity contribution in [3.05, 3.63) is 77.4 Å². The van der Waals surface area contributed by atoms with Gasteiger partial charge in [0.1, 0.15) is 12.4 Å². The molecule has 1 atom stereocenters. The summed E-state index contributed by atoms with van der Waals surface area (Å²) in [5.41, 5.74) is 8.98. The number of halogens is 1. The zero-order valence-electron chi connectivity index (χ0n) is 22.4. The third kappa shape index (κ3) is 4.66. The highest BCUT2D eigenvalue weighted by Gasteiger charge is 2.58. The molecule has 0 bridgehead atoms. The normalized spacial score (nSPS) is 23.9. The first-order chi connectivity index (χ1) is 19.2. The lowest BCUT2D eigenvalue weighted by molar-refractivity contribution is -0.143. The maximum Gasteiger partial charge on any atom is 0.418 e. The molecule has 10 heteroatoms. The molecule has 0 radical (unpaired) electrons. The first-order valence-electron chi connectivity index (χ1n) is 13.7. The Morgan fingerprint density at radius 3 is 2.58 bits per heavy atom. The lowest BCUT2D eigenvalue weighted by Gasteiger charge is -2.36. The number of aryl methyl sites for hydroxylation is 2. The Labute approximate surface area is 231 Å². The van der Waals surface area contributed by atoms with Crippen LogP contribution in [-0.2, 0) is 39.9 Å². The Hall–Kier alpha value is -4.05. The lowest BCUT2D eigenvalue weighted by atomic mass is 9.90. The van der Waals surface area contributed by atoms with Crippen LogP contribution in [0.1, 0.15) is 48.8 Å². The molecule has 1 aromatic heterocycles. The fourth-order valence-corrected chi connectivity index (χ4v) is 6.25. The van der Waals surface area contributed by atoms with Crippen molar-refractivity contribution in [2.24, 2.45) is 12.8 Å². The first kappa shape index (κ1) is 26.2. The van der Waals surface area contributed by atoms with E-state index < -0.39 is 24.1 Å². The van der Waals surface area contributed by atoms with Crippen molar-refractivity contribution in [1.82, 2.24) is 19.6 Å². The summed E-state index contributed by atoms with van der Waals surface area (Å²) in [4.78, 5) is 43.2. The highest BCUT2D eigenvalue weighted by Crippen LogP contribution is 2.46. The second-order valence-electron chi connectivity index (χ2n) is 11.1. The number of ether oxygens (including phenoxy) is 1. The molecule has 1 saturated carbocycles. The Bertz CT molecular complexity index is 1460. The molecule has 0 unspecified atom stereocenters. The predicted octanol–water partition coefficient (Wildman–Crippen LogP) is 3.65. The number of nitrogens with two attached hydrogens (primary N) is 1. The van der Waals surface area contributed by atoms with E-state index in [9.17, 15) is 18.8 Å². The second-order valence-corrected chi connectivity index (χ2v) is 11.1. The smallest absolute Gasteiger partial charge is 0.418 e. The summed E-state index contributed by atoms with van der Waals surface area (Å²) in [5, 5.41) is 4.23. The average molecular weight is 546 g/mol. The quantitative estimate of drug-likeness (QED) is 0.506. The Balaban J connectivity index is 1.23. The fraction of sp³-hybridized carbons (Fsp3) is 0.400. The molecule has 1 spiro atoms. The summed E-state index contributed by atoms with van der Waals surface area (Å²) in [6.45, 7) is -0.159. The minimum Gasteiger partial charge on any atom is -0.427 e. The minimum absolute atomic E-state index is 0.0851. The van der Waals surface area contributed by atoms with Crippen LogP contribution in [0, 0.1) is 5.82 Å². The average Bonchev–Trinajstić information content (AvgIpc) is 3.61. The summed E-state index contributed by atoms with van der Waals surface area (Å²) < 4.78 is 21.0. The van der Waals surface area contributed by atoms with E-state index >= 15 is 0 Å². The summed E-state index contributed by atoms with van der Waals surface area (Å²) in [7, 11) is 1.85. The Morgan fingerprint density at radius 2 is 1.88 bits per heavy atom. The largest absolute Gasteiger partial charge is 0.427 e. The monoisotopic (exact) mass is 545 g/mol. The number of carbonyl (C=O) groups excluding carboxylic acids is 3. The third-order valence-corrected chi connectivity index (χ3v) is 8.46. The van der Waals surface area contributed by atoms with Crippen molar-refractivity contribution in [2.75, 3.05) is 6.54 Å². The van der Waals surface area contributed by atoms with Gasteiger partial charge in [-0.05, 0) is 60.9 Å². The summed E-state index contributed by atoms with van der Waals surface area (Å²) in [6.07, 6.45) is 6.79. The van der Waals surface area contributed by atoms with Gasteiger partial charge in [0.15, 0.2) is 0 Å². The minimum atomic E-state index is -1.42. The lowest BCUT2D eigenvalue weighted by Crippen LogP contribution is -2.49. The van der Waals surface area contributed by atoms with Gasteiger partial charge in [-0.1, -0.05) is 30.3 Å². The van der Waals surface area contributed by atoms with E-state index in [2.05, 4.69) is 5.10 Å². The van der Waals surface area contributed by atoms with Crippen LogP contribution in [0.5, 0.6) is 0 Å². The molecule has 208 valence electrons. The van der Waals surface area contributed by atoms with Crippen molar-refractivity contribution >= 4 is 17.9 Å². The van der Waals surface area contributed by atoms with Crippen LogP contribution in [-0.4, -0.2) is 56.1 Å². The predicted molar refractivity (Wildman–Crippen MR) is 144 cm³/mol. The number of hydrogen-bond acceptors (Lipinski definition) is 6. The fourth-order valence-electron chi connectivity index (χ4n) is 6.25. The van der Waals surface area contributed by atoms with Crippen LogP contribution in [0.4, 0.5) is 9.18 Å². The summed E-state index contributed by atoms with van der Waals surface area (Å²) in [5.74, 6) is -1.21. The van der Waals surface area contributed by atoms with Gasteiger partial charge in [0.25, 0.3) is 5.91 Å². The topological polar surface area (TPSA) is 111 Å². The van der Waals surface area contributed by atoms with E-state index in [0.29, 0.717) is 18.4 Å². The maximum absolute atomic E-state index is 13.8. The second kappa shape index (κ2) is 10.2. The van der Waals surface area contributed by atoms with Crippen LogP contribution in [0.2, 0.25) is 0 Å². The van der Waals surface area contributed by atoms with Crippen molar-refractivity contribution in [2.45, 2.75) is 62.8 Å². The van der Waals surface area contributed by atoms with Gasteiger partial charge in [-0.2, -0.15) is 5.10 Å². The van der Waals surface area contributed by atoms with Gasteiger partial charge in [-0.3, -0.25) is 14.3 Å². The number of aromatic nitrogens is 2. The first-order valence-corrected chi connectivity index (χ1v) is 13.7. The molecule has 2 heterocycles. The standard InChI is InChI=1S/C30H32FN5O4/c1-34-17-22(15-33-34)20-4-11-26-21(14-20)12-13-30(26)28(38)36(29(39)40-30)18-27(37)35(25-9-7-24(32)8-10-25)16-19-2-5-23(31)6-3-19/h2-6,11,14-15,17,24-25H,7-10,12-13,16,18,32H2,1H3/t24-,25-,30-/m1/s1. The van der Waals surface area contributed by atoms with Gasteiger partial charge in [0, 0.05) is 49.4 Å². The van der Waals surface area contributed by atoms with Crippen LogP contribution >= 0.6 is 0 Å². The van der Waals surface area contributed by atoms with E-state index in [-0.39, 0.29) is 30.4 Å². The molecule has 3 aliphatic rings. The molecule has 2 fully saturated rings. The molecule has 2 N–H and O–H groups in total. The highest BCUT2D eigenvalue weighted by atomic mass is 19.1. The molecule has 9 nitrogen and oxygen atoms in total. The number of fused-ring (bicyclic) bond motifs is 2. The van der Waals surface area contributed by atoms with Crippen LogP contribution in [0.3, 0.4) is 0 Å². The maximum atomic E-state index is 13.8. The van der Waals surface area contributed by atoms with Gasteiger partial charge >= 0.3 is 6.09 Å². The number of carbonyl (C=O) groups is 3.